The van der Waals surface area contributed by atoms with E-state index >= 15 is 0 Å². The molecule has 2 aromatic carbocycles. The molecule has 0 saturated carbocycles. The number of alkyl carbamates (subject to hydrolysis) is 1. The number of nitrogens with one attached hydrogen (secondary N) is 3. The Labute approximate surface area is 262 Å². The van der Waals surface area contributed by atoms with Gasteiger partial charge in [-0.2, -0.15) is 0 Å². The second-order valence-corrected chi connectivity index (χ2v) is 15.3. The maximum atomic E-state index is 14.4. The molecule has 1 saturated heterocycles. The summed E-state index contributed by atoms with van der Waals surface area (Å²) >= 11 is 0. The third-order valence-electron chi connectivity index (χ3n) is 9.18. The molecule has 1 atom stereocenters. The van der Waals surface area contributed by atoms with Gasteiger partial charge in [0.15, 0.2) is 0 Å². The highest BCUT2D eigenvalue weighted by atomic mass is 16.5. The number of fused-ring (bicyclic) bond motifs is 3. The van der Waals surface area contributed by atoms with Gasteiger partial charge in [-0.15, -0.1) is 10.3 Å². The summed E-state index contributed by atoms with van der Waals surface area (Å²) in [6.45, 7) is 18.2. The van der Waals surface area contributed by atoms with E-state index in [1.54, 1.807) is 34.6 Å². The molecule has 239 valence electrons. The Morgan fingerprint density at radius 1 is 0.864 bits per heavy atom. The predicted molar refractivity (Wildman–Crippen MR) is 170 cm³/mol. The molecule has 0 bridgehead atoms. The van der Waals surface area contributed by atoms with Gasteiger partial charge in [-0.25, -0.2) is 4.79 Å². The van der Waals surface area contributed by atoms with Crippen molar-refractivity contribution in [2.45, 2.75) is 116 Å². The summed E-state index contributed by atoms with van der Waals surface area (Å²) in [5.41, 5.74) is -0.955. The summed E-state index contributed by atoms with van der Waals surface area (Å²) in [5, 5.41) is 23.2. The minimum absolute atomic E-state index is 0.0258. The summed E-state index contributed by atoms with van der Waals surface area (Å²) in [4.78, 5) is 41.6. The molecule has 44 heavy (non-hydrogen) atoms. The van der Waals surface area contributed by atoms with Gasteiger partial charge < -0.3 is 20.7 Å². The van der Waals surface area contributed by atoms with Gasteiger partial charge in [0.2, 0.25) is 11.8 Å². The molecule has 3 amide bonds. The van der Waals surface area contributed by atoms with Crippen molar-refractivity contribution in [2.75, 3.05) is 6.61 Å². The lowest BCUT2D eigenvalue weighted by Gasteiger charge is -2.55. The van der Waals surface area contributed by atoms with Crippen molar-refractivity contribution in [3.8, 4) is 11.1 Å². The lowest BCUT2D eigenvalue weighted by atomic mass is 9.69. The first kappa shape index (κ1) is 33.5. The molecule has 9 heteroatoms. The van der Waals surface area contributed by atoms with E-state index in [0.29, 0.717) is 0 Å². The van der Waals surface area contributed by atoms with E-state index in [1.807, 2.05) is 71.0 Å². The van der Waals surface area contributed by atoms with Crippen LogP contribution in [0.2, 0.25) is 0 Å². The van der Waals surface area contributed by atoms with Crippen LogP contribution in [-0.4, -0.2) is 57.3 Å². The van der Waals surface area contributed by atoms with Crippen LogP contribution in [-0.2, 0) is 19.5 Å². The van der Waals surface area contributed by atoms with E-state index in [4.69, 9.17) is 4.74 Å². The second kappa shape index (κ2) is 11.5. The number of amides is 3. The van der Waals surface area contributed by atoms with Gasteiger partial charge in [0.05, 0.1) is 0 Å². The largest absolute Gasteiger partial charge is 0.449 e. The van der Waals surface area contributed by atoms with Gasteiger partial charge in [0.25, 0.3) is 0 Å². The zero-order chi connectivity index (χ0) is 32.9. The lowest BCUT2D eigenvalue weighted by Crippen LogP contribution is -2.75. The number of hydrogen-bond acceptors (Lipinski definition) is 5. The maximum absolute atomic E-state index is 14.4. The lowest BCUT2D eigenvalue weighted by molar-refractivity contribution is -0.295. The third-order valence-corrected chi connectivity index (χ3v) is 9.18. The van der Waals surface area contributed by atoms with E-state index in [9.17, 15) is 19.6 Å². The van der Waals surface area contributed by atoms with E-state index in [2.05, 4.69) is 28.1 Å². The van der Waals surface area contributed by atoms with Crippen LogP contribution in [0.4, 0.5) is 4.79 Å². The van der Waals surface area contributed by atoms with Gasteiger partial charge in [-0.05, 0) is 96.4 Å². The van der Waals surface area contributed by atoms with Gasteiger partial charge in [0, 0.05) is 22.5 Å². The highest BCUT2D eigenvalue weighted by Crippen LogP contribution is 2.45. The highest BCUT2D eigenvalue weighted by Gasteiger charge is 2.58. The number of rotatable bonds is 7. The molecule has 0 aromatic heterocycles. The van der Waals surface area contributed by atoms with Crippen LogP contribution >= 0.6 is 0 Å². The van der Waals surface area contributed by atoms with Gasteiger partial charge in [-0.1, -0.05) is 62.4 Å². The fourth-order valence-electron chi connectivity index (χ4n) is 6.93. The third kappa shape index (κ3) is 6.35. The quantitative estimate of drug-likeness (QED) is 0.374. The number of piperidine rings is 1. The summed E-state index contributed by atoms with van der Waals surface area (Å²) in [5.74, 6) is -1.29. The van der Waals surface area contributed by atoms with Crippen molar-refractivity contribution >= 4 is 17.9 Å². The Balaban J connectivity index is 1.63. The molecule has 0 spiro atoms. The minimum atomic E-state index is -1.52. The smallest absolute Gasteiger partial charge is 0.408 e. The molecular weight excluding hydrogens is 556 g/mol. The van der Waals surface area contributed by atoms with E-state index < -0.39 is 39.7 Å². The molecule has 2 aliphatic rings. The molecule has 1 heterocycles. The number of ether oxygens (including phenoxy) is 1. The maximum Gasteiger partial charge on any atom is 0.408 e. The number of hydrogen-bond donors (Lipinski definition) is 3. The molecule has 0 unspecified atom stereocenters. The summed E-state index contributed by atoms with van der Waals surface area (Å²) in [6, 6.07) is 16.1. The minimum Gasteiger partial charge on any atom is -0.449 e. The first-order valence-electron chi connectivity index (χ1n) is 15.5. The monoisotopic (exact) mass is 605 g/mol. The van der Waals surface area contributed by atoms with Crippen LogP contribution in [0.15, 0.2) is 48.5 Å². The number of carbonyl (C=O) groups is 3. The molecule has 1 radical (unpaired) electrons. The van der Waals surface area contributed by atoms with Crippen molar-refractivity contribution in [2.24, 2.45) is 5.92 Å². The van der Waals surface area contributed by atoms with Crippen molar-refractivity contribution in [3.05, 3.63) is 59.7 Å². The highest BCUT2D eigenvalue weighted by molar-refractivity contribution is 5.96. The van der Waals surface area contributed by atoms with Crippen LogP contribution in [0.3, 0.4) is 0 Å². The topological polar surface area (TPSA) is 120 Å². The van der Waals surface area contributed by atoms with Crippen molar-refractivity contribution in [3.63, 3.8) is 0 Å². The molecule has 1 aliphatic heterocycles. The first-order valence-corrected chi connectivity index (χ1v) is 15.5. The molecule has 1 fully saturated rings. The van der Waals surface area contributed by atoms with E-state index in [0.717, 1.165) is 27.3 Å². The Bertz CT molecular complexity index is 1360. The Kier molecular flexibility index (Phi) is 8.74. The van der Waals surface area contributed by atoms with E-state index in [1.165, 1.54) is 0 Å². The van der Waals surface area contributed by atoms with Gasteiger partial charge in [0.1, 0.15) is 17.7 Å². The summed E-state index contributed by atoms with van der Waals surface area (Å²) < 4.78 is 5.87. The average Bonchev–Trinajstić information content (AvgIpc) is 3.22. The fraction of sp³-hybridized carbons (Fsp3) is 0.571. The first-order chi connectivity index (χ1) is 20.2. The zero-order valence-corrected chi connectivity index (χ0v) is 27.9. The fourth-order valence-corrected chi connectivity index (χ4v) is 6.93. The Morgan fingerprint density at radius 2 is 1.34 bits per heavy atom. The van der Waals surface area contributed by atoms with Crippen LogP contribution < -0.4 is 16.0 Å². The number of hydroxylamine groups is 2. The molecule has 3 N–H and O–H groups in total. The van der Waals surface area contributed by atoms with Crippen molar-refractivity contribution < 1.29 is 24.3 Å². The van der Waals surface area contributed by atoms with Crippen molar-refractivity contribution in [1.82, 2.24) is 21.0 Å². The van der Waals surface area contributed by atoms with Crippen LogP contribution in [0, 0.1) is 5.92 Å². The number of carbonyl (C=O) groups excluding carboxylic acids is 3. The second-order valence-electron chi connectivity index (χ2n) is 15.3. The zero-order valence-electron chi connectivity index (χ0n) is 27.9. The Morgan fingerprint density at radius 3 is 1.80 bits per heavy atom. The van der Waals surface area contributed by atoms with Gasteiger partial charge >= 0.3 is 6.09 Å². The standard InChI is InChI=1S/C35H49N4O5/c1-22(2)34(10,28(40)36-31(3,4)5)37-29(41)35(20-32(6,7)39(43)33(8,9)21-35)38-30(42)44-19-27-25-17-13-11-15-23(25)24-16-12-14-18-26(24)27/h11-18,22,27H,19-21H2,1-10H3,(H,36,40)(H,37,41)(H,38,42)/t34-/m0/s1. The van der Waals surface area contributed by atoms with Crippen molar-refractivity contribution in [1.29, 1.82) is 0 Å². The van der Waals surface area contributed by atoms with Crippen LogP contribution in [0.25, 0.3) is 11.1 Å². The van der Waals surface area contributed by atoms with Gasteiger partial charge in [-0.3, -0.25) is 9.59 Å². The normalized spacial score (nSPS) is 20.2. The average molecular weight is 606 g/mol. The molecular formula is C35H49N4O5. The predicted octanol–water partition coefficient (Wildman–Crippen LogP) is 5.71. The number of nitrogens with zero attached hydrogens (tertiary/aromatic N) is 1. The Hall–Kier alpha value is -3.43. The molecule has 1 aliphatic carbocycles. The SMILES string of the molecule is CC(C)[C@](C)(NC(=O)C1(NC(=O)OCC2c3ccccc3-c3ccccc32)CC(C)(C)N([O])C(C)(C)C1)C(=O)NC(C)(C)C. The molecule has 9 nitrogen and oxygen atoms in total. The van der Waals surface area contributed by atoms with E-state index in [-0.39, 0.29) is 37.2 Å². The summed E-state index contributed by atoms with van der Waals surface area (Å²) in [7, 11) is 0. The van der Waals surface area contributed by atoms with Crippen LogP contribution in [0.1, 0.15) is 99.1 Å². The molecule has 4 rings (SSSR count). The summed E-state index contributed by atoms with van der Waals surface area (Å²) in [6.07, 6.45) is -0.700. The van der Waals surface area contributed by atoms with Crippen LogP contribution in [0.5, 0.6) is 0 Å². The number of benzene rings is 2. The molecule has 2 aromatic rings.